The predicted molar refractivity (Wildman–Crippen MR) is 149 cm³/mol. The number of benzene rings is 2. The van der Waals surface area contributed by atoms with Crippen molar-refractivity contribution >= 4 is 17.0 Å². The Morgan fingerprint density at radius 1 is 1.10 bits per heavy atom. The van der Waals surface area contributed by atoms with Crippen molar-refractivity contribution in [2.45, 2.75) is 89.7 Å². The van der Waals surface area contributed by atoms with Gasteiger partial charge in [0.2, 0.25) is 0 Å². The monoisotopic (exact) mass is 533 g/mol. The van der Waals surface area contributed by atoms with Crippen LogP contribution in [-0.2, 0) is 9.47 Å². The fraction of sp³-hybridized carbons (Fsp3) is 0.548. The molecule has 1 unspecified atom stereocenters. The fourth-order valence-electron chi connectivity index (χ4n) is 5.52. The number of amides is 1. The van der Waals surface area contributed by atoms with Crippen LogP contribution in [0.2, 0.25) is 0 Å². The number of hydrogen-bond acceptors (Lipinski definition) is 6. The topological polar surface area (TPSA) is 86.0 Å². The highest BCUT2D eigenvalue weighted by Gasteiger charge is 2.41. The van der Waals surface area contributed by atoms with E-state index in [1.807, 2.05) is 48.7 Å². The Kier molecular flexibility index (Phi) is 6.91. The summed E-state index contributed by atoms with van der Waals surface area (Å²) >= 11 is 0. The largest absolute Gasteiger partial charge is 0.508 e. The summed E-state index contributed by atoms with van der Waals surface area (Å²) in [7, 11) is 0. The number of fused-ring (bicyclic) bond motifs is 1. The number of ether oxygens (including phenoxy) is 3. The number of nitrogens with zero attached hydrogens (tertiary/aromatic N) is 3. The number of carbonyl (C=O) groups excluding carboxylic acids is 1. The molecule has 2 heterocycles. The molecule has 0 bridgehead atoms. The first-order chi connectivity index (χ1) is 18.7. The maximum Gasteiger partial charge on any atom is 0.410 e. The zero-order valence-corrected chi connectivity index (χ0v) is 23.1. The molecule has 2 saturated carbocycles. The molecule has 1 saturated heterocycles. The minimum absolute atomic E-state index is 0.00619. The molecule has 1 atom stereocenters. The van der Waals surface area contributed by atoms with E-state index in [4.69, 9.17) is 19.3 Å². The van der Waals surface area contributed by atoms with Crippen molar-refractivity contribution < 1.29 is 24.1 Å². The molecule has 208 valence electrons. The van der Waals surface area contributed by atoms with Gasteiger partial charge < -0.3 is 24.2 Å². The zero-order chi connectivity index (χ0) is 27.1. The van der Waals surface area contributed by atoms with Gasteiger partial charge >= 0.3 is 6.09 Å². The maximum absolute atomic E-state index is 13.0. The van der Waals surface area contributed by atoms with E-state index in [1.54, 1.807) is 12.1 Å². The van der Waals surface area contributed by atoms with Crippen LogP contribution in [0, 0.1) is 5.92 Å². The molecule has 3 aromatic rings. The predicted octanol–water partition coefficient (Wildman–Crippen LogP) is 6.66. The molecule has 8 nitrogen and oxygen atoms in total. The Balaban J connectivity index is 1.24. The molecule has 3 aliphatic rings. The normalized spacial score (nSPS) is 23.3. The molecular weight excluding hydrogens is 494 g/mol. The van der Waals surface area contributed by atoms with E-state index in [0.29, 0.717) is 5.92 Å². The summed E-state index contributed by atoms with van der Waals surface area (Å²) in [6.45, 7) is 7.25. The lowest BCUT2D eigenvalue weighted by Crippen LogP contribution is -2.53. The number of carbonyl (C=O) groups is 1. The van der Waals surface area contributed by atoms with Crippen molar-refractivity contribution in [1.29, 1.82) is 0 Å². The Morgan fingerprint density at radius 3 is 2.54 bits per heavy atom. The van der Waals surface area contributed by atoms with Crippen molar-refractivity contribution in [3.05, 3.63) is 42.6 Å². The molecule has 0 spiro atoms. The number of rotatable bonds is 7. The fourth-order valence-corrected chi connectivity index (χ4v) is 5.52. The third-order valence-corrected chi connectivity index (χ3v) is 7.89. The van der Waals surface area contributed by atoms with Crippen LogP contribution in [0.1, 0.15) is 71.9 Å². The highest BCUT2D eigenvalue weighted by atomic mass is 16.6. The second-order valence-corrected chi connectivity index (χ2v) is 12.3. The third kappa shape index (κ3) is 5.86. The van der Waals surface area contributed by atoms with E-state index >= 15 is 0 Å². The van der Waals surface area contributed by atoms with Gasteiger partial charge in [0.05, 0.1) is 17.1 Å². The highest BCUT2D eigenvalue weighted by Crippen LogP contribution is 2.40. The van der Waals surface area contributed by atoms with Gasteiger partial charge in [-0.15, -0.1) is 0 Å². The van der Waals surface area contributed by atoms with Crippen molar-refractivity contribution in [3.8, 4) is 22.6 Å². The molecular formula is C31H39N3O5. The number of phenolic OH excluding ortho intramolecular Hbond substituents is 1. The first kappa shape index (κ1) is 26.0. The van der Waals surface area contributed by atoms with Gasteiger partial charge in [-0.05, 0) is 94.2 Å². The first-order valence-corrected chi connectivity index (χ1v) is 14.3. The van der Waals surface area contributed by atoms with Crippen LogP contribution in [0.25, 0.3) is 22.0 Å². The smallest absolute Gasteiger partial charge is 0.410 e. The molecule has 1 N–H and O–H groups in total. The molecule has 2 aliphatic carbocycles. The maximum atomic E-state index is 13.0. The molecule has 39 heavy (non-hydrogen) atoms. The van der Waals surface area contributed by atoms with Crippen LogP contribution >= 0.6 is 0 Å². The Morgan fingerprint density at radius 2 is 1.87 bits per heavy atom. The molecule has 3 fully saturated rings. The standard InChI is InChI=1S/C31H39N3O5/c1-31(2,3)39-30(36)33(19-20-7-8-20)23-16-25(17-23)38-28-15-22(21-9-11-24(35)12-10-21)14-27-26(28)18-32-34(27)29-6-4-5-13-37-29/h9-12,14-15,18,20,23,25,29,35H,4-8,13,16-17,19H2,1-3H3/t23-,25-,29?. The van der Waals surface area contributed by atoms with E-state index < -0.39 is 5.60 Å². The number of hydrogen-bond donors (Lipinski definition) is 1. The Hall–Kier alpha value is -3.26. The second kappa shape index (κ2) is 10.4. The minimum atomic E-state index is -0.513. The summed E-state index contributed by atoms with van der Waals surface area (Å²) < 4.78 is 20.4. The Labute approximate surface area is 229 Å². The van der Waals surface area contributed by atoms with Crippen LogP contribution in [-0.4, -0.2) is 56.8 Å². The molecule has 1 aromatic heterocycles. The Bertz CT molecular complexity index is 1310. The second-order valence-electron chi connectivity index (χ2n) is 12.3. The summed E-state index contributed by atoms with van der Waals surface area (Å²) in [6.07, 6.45) is 8.62. The van der Waals surface area contributed by atoms with Crippen molar-refractivity contribution in [2.24, 2.45) is 5.92 Å². The van der Waals surface area contributed by atoms with Crippen molar-refractivity contribution in [1.82, 2.24) is 14.7 Å². The number of aromatic nitrogens is 2. The van der Waals surface area contributed by atoms with Gasteiger partial charge in [0, 0.05) is 32.0 Å². The third-order valence-electron chi connectivity index (χ3n) is 7.89. The van der Waals surface area contributed by atoms with Gasteiger partial charge in [-0.25, -0.2) is 9.48 Å². The van der Waals surface area contributed by atoms with E-state index in [1.165, 1.54) is 12.8 Å². The van der Waals surface area contributed by atoms with Gasteiger partial charge in [-0.3, -0.25) is 0 Å². The van der Waals surface area contributed by atoms with Gasteiger partial charge in [0.1, 0.15) is 23.2 Å². The summed E-state index contributed by atoms with van der Waals surface area (Å²) in [6, 6.07) is 11.5. The van der Waals surface area contributed by atoms with E-state index in [0.717, 1.165) is 73.0 Å². The van der Waals surface area contributed by atoms with Crippen LogP contribution in [0.15, 0.2) is 42.6 Å². The SMILES string of the molecule is CC(C)(C)OC(=O)N(CC1CC1)[C@H]1C[C@H](Oc2cc(-c3ccc(O)cc3)cc3c2cnn3C2CCCCO2)C1. The molecule has 1 amide bonds. The summed E-state index contributed by atoms with van der Waals surface area (Å²) in [5.41, 5.74) is 2.45. The van der Waals surface area contributed by atoms with Crippen LogP contribution in [0.5, 0.6) is 11.5 Å². The van der Waals surface area contributed by atoms with Crippen LogP contribution in [0.3, 0.4) is 0 Å². The van der Waals surface area contributed by atoms with Crippen LogP contribution in [0.4, 0.5) is 4.79 Å². The summed E-state index contributed by atoms with van der Waals surface area (Å²) in [5, 5.41) is 15.5. The quantitative estimate of drug-likeness (QED) is 0.365. The minimum Gasteiger partial charge on any atom is -0.508 e. The lowest BCUT2D eigenvalue weighted by Gasteiger charge is -2.43. The number of aromatic hydroxyl groups is 1. The molecule has 8 heteroatoms. The van der Waals surface area contributed by atoms with Crippen molar-refractivity contribution in [3.63, 3.8) is 0 Å². The van der Waals surface area contributed by atoms with E-state index in [2.05, 4.69) is 12.1 Å². The summed E-state index contributed by atoms with van der Waals surface area (Å²) in [5.74, 6) is 1.61. The van der Waals surface area contributed by atoms with Gasteiger partial charge in [-0.1, -0.05) is 12.1 Å². The highest BCUT2D eigenvalue weighted by molar-refractivity contribution is 5.90. The van der Waals surface area contributed by atoms with Gasteiger partial charge in [0.25, 0.3) is 0 Å². The lowest BCUT2D eigenvalue weighted by atomic mass is 9.87. The first-order valence-electron chi connectivity index (χ1n) is 14.3. The van der Waals surface area contributed by atoms with E-state index in [-0.39, 0.29) is 30.2 Å². The van der Waals surface area contributed by atoms with Gasteiger partial charge in [-0.2, -0.15) is 5.10 Å². The van der Waals surface area contributed by atoms with Gasteiger partial charge in [0.15, 0.2) is 6.23 Å². The average molecular weight is 534 g/mol. The molecule has 0 radical (unpaired) electrons. The van der Waals surface area contributed by atoms with Crippen molar-refractivity contribution in [2.75, 3.05) is 13.2 Å². The molecule has 1 aliphatic heterocycles. The molecule has 6 rings (SSSR count). The zero-order valence-electron chi connectivity index (χ0n) is 23.1. The number of phenols is 1. The van der Waals surface area contributed by atoms with E-state index in [9.17, 15) is 9.90 Å². The lowest BCUT2D eigenvalue weighted by molar-refractivity contribution is -0.0366. The molecule has 2 aromatic carbocycles. The summed E-state index contributed by atoms with van der Waals surface area (Å²) in [4.78, 5) is 14.9. The van der Waals surface area contributed by atoms with Crippen LogP contribution < -0.4 is 4.74 Å². The average Bonchev–Trinajstić information content (AvgIpc) is 3.60.